The summed E-state index contributed by atoms with van der Waals surface area (Å²) in [5, 5.41) is 3.37. The number of hydrogen-bond donors (Lipinski definition) is 1. The average molecular weight is 256 g/mol. The Bertz CT molecular complexity index is 499. The van der Waals surface area contributed by atoms with E-state index in [4.69, 9.17) is 4.74 Å². The summed E-state index contributed by atoms with van der Waals surface area (Å²) in [6.45, 7) is 0. The van der Waals surface area contributed by atoms with E-state index in [0.29, 0.717) is 6.04 Å². The van der Waals surface area contributed by atoms with Crippen LogP contribution in [0.15, 0.2) is 48.8 Å². The maximum Gasteiger partial charge on any atom is 0.119 e. The topological polar surface area (TPSA) is 34.2 Å². The summed E-state index contributed by atoms with van der Waals surface area (Å²) in [7, 11) is 3.70. The van der Waals surface area contributed by atoms with E-state index in [1.54, 1.807) is 7.11 Å². The molecular formula is C16H20N2O. The number of rotatable bonds is 6. The smallest absolute Gasteiger partial charge is 0.119 e. The second-order valence-corrected chi connectivity index (χ2v) is 4.51. The van der Waals surface area contributed by atoms with Crippen molar-refractivity contribution in [3.63, 3.8) is 0 Å². The lowest BCUT2D eigenvalue weighted by Gasteiger charge is -2.17. The predicted molar refractivity (Wildman–Crippen MR) is 77.4 cm³/mol. The van der Waals surface area contributed by atoms with Crippen molar-refractivity contribution >= 4 is 0 Å². The Morgan fingerprint density at radius 1 is 1.21 bits per heavy atom. The summed E-state index contributed by atoms with van der Waals surface area (Å²) in [6.07, 6.45) is 5.77. The molecule has 0 aliphatic carbocycles. The molecule has 0 saturated heterocycles. The van der Waals surface area contributed by atoms with E-state index in [1.165, 1.54) is 11.1 Å². The van der Waals surface area contributed by atoms with Crippen molar-refractivity contribution in [3.8, 4) is 5.75 Å². The maximum atomic E-state index is 5.28. The lowest BCUT2D eigenvalue weighted by molar-refractivity contribution is 0.413. The van der Waals surface area contributed by atoms with Crippen LogP contribution in [0.5, 0.6) is 5.75 Å². The van der Waals surface area contributed by atoms with Crippen molar-refractivity contribution < 1.29 is 4.74 Å². The molecule has 2 aromatic rings. The molecule has 2 rings (SSSR count). The van der Waals surface area contributed by atoms with E-state index < -0.39 is 0 Å². The minimum atomic E-state index is 0.336. The Balaban J connectivity index is 2.03. The Hall–Kier alpha value is -1.87. The standard InChI is InChI=1S/C16H20N2O/c1-17-16(7-6-13-8-10-18-11-9-13)14-4-3-5-15(12-14)19-2/h3-5,8-12,16-17H,6-7H2,1-2H3. The van der Waals surface area contributed by atoms with Gasteiger partial charge in [-0.3, -0.25) is 4.98 Å². The van der Waals surface area contributed by atoms with Gasteiger partial charge in [-0.15, -0.1) is 0 Å². The molecule has 3 heteroatoms. The van der Waals surface area contributed by atoms with Crippen LogP contribution in [0.1, 0.15) is 23.6 Å². The predicted octanol–water partition coefficient (Wildman–Crippen LogP) is 2.98. The fraction of sp³-hybridized carbons (Fsp3) is 0.312. The molecule has 1 atom stereocenters. The number of nitrogens with one attached hydrogen (secondary N) is 1. The van der Waals surface area contributed by atoms with Crippen molar-refractivity contribution in [2.75, 3.05) is 14.2 Å². The summed E-state index contributed by atoms with van der Waals surface area (Å²) < 4.78 is 5.28. The first-order valence-electron chi connectivity index (χ1n) is 6.53. The molecule has 0 bridgehead atoms. The molecule has 1 aromatic carbocycles. The number of methoxy groups -OCH3 is 1. The van der Waals surface area contributed by atoms with Gasteiger partial charge >= 0.3 is 0 Å². The fourth-order valence-corrected chi connectivity index (χ4v) is 2.20. The van der Waals surface area contributed by atoms with Gasteiger partial charge in [-0.25, -0.2) is 0 Å². The van der Waals surface area contributed by atoms with Crippen LogP contribution in [-0.2, 0) is 6.42 Å². The zero-order valence-electron chi connectivity index (χ0n) is 11.5. The van der Waals surface area contributed by atoms with Gasteiger partial charge in [0, 0.05) is 18.4 Å². The van der Waals surface area contributed by atoms with Crippen LogP contribution in [0.25, 0.3) is 0 Å². The molecule has 0 saturated carbocycles. The zero-order valence-corrected chi connectivity index (χ0v) is 11.5. The Morgan fingerprint density at radius 2 is 2.00 bits per heavy atom. The van der Waals surface area contributed by atoms with Crippen molar-refractivity contribution in [1.29, 1.82) is 0 Å². The second kappa shape index (κ2) is 6.90. The van der Waals surface area contributed by atoms with Crippen molar-refractivity contribution in [2.24, 2.45) is 0 Å². The summed E-state index contributed by atoms with van der Waals surface area (Å²) in [4.78, 5) is 4.04. The minimum Gasteiger partial charge on any atom is -0.497 e. The molecule has 1 unspecified atom stereocenters. The third kappa shape index (κ3) is 3.80. The molecule has 0 fully saturated rings. The van der Waals surface area contributed by atoms with Gasteiger partial charge in [0.2, 0.25) is 0 Å². The Morgan fingerprint density at radius 3 is 2.68 bits per heavy atom. The maximum absolute atomic E-state index is 5.28. The van der Waals surface area contributed by atoms with E-state index >= 15 is 0 Å². The van der Waals surface area contributed by atoms with Crippen LogP contribution in [0.2, 0.25) is 0 Å². The minimum absolute atomic E-state index is 0.336. The van der Waals surface area contributed by atoms with Crippen molar-refractivity contribution in [2.45, 2.75) is 18.9 Å². The monoisotopic (exact) mass is 256 g/mol. The average Bonchev–Trinajstić information content (AvgIpc) is 2.49. The molecule has 1 N–H and O–H groups in total. The van der Waals surface area contributed by atoms with Crippen LogP contribution in [0.4, 0.5) is 0 Å². The normalized spacial score (nSPS) is 12.1. The number of nitrogens with zero attached hydrogens (tertiary/aromatic N) is 1. The molecule has 1 aromatic heterocycles. The van der Waals surface area contributed by atoms with Crippen LogP contribution in [0.3, 0.4) is 0 Å². The molecule has 0 radical (unpaired) electrons. The van der Waals surface area contributed by atoms with Gasteiger partial charge in [0.25, 0.3) is 0 Å². The van der Waals surface area contributed by atoms with Crippen LogP contribution in [0, 0.1) is 0 Å². The van der Waals surface area contributed by atoms with E-state index in [-0.39, 0.29) is 0 Å². The van der Waals surface area contributed by atoms with Crippen LogP contribution >= 0.6 is 0 Å². The fourth-order valence-electron chi connectivity index (χ4n) is 2.20. The van der Waals surface area contributed by atoms with E-state index in [1.807, 2.05) is 31.6 Å². The van der Waals surface area contributed by atoms with Crippen LogP contribution < -0.4 is 10.1 Å². The van der Waals surface area contributed by atoms with Crippen LogP contribution in [-0.4, -0.2) is 19.1 Å². The highest BCUT2D eigenvalue weighted by atomic mass is 16.5. The Kier molecular flexibility index (Phi) is 4.93. The molecule has 3 nitrogen and oxygen atoms in total. The number of pyridine rings is 1. The van der Waals surface area contributed by atoms with Gasteiger partial charge in [0.1, 0.15) is 5.75 Å². The third-order valence-electron chi connectivity index (χ3n) is 3.32. The summed E-state index contributed by atoms with van der Waals surface area (Å²) in [6, 6.07) is 12.7. The number of aromatic nitrogens is 1. The van der Waals surface area contributed by atoms with Gasteiger partial charge in [0.05, 0.1) is 7.11 Å². The Labute approximate surface area is 114 Å². The summed E-state index contributed by atoms with van der Waals surface area (Å²) in [5.74, 6) is 0.904. The molecular weight excluding hydrogens is 236 g/mol. The molecule has 1 heterocycles. The van der Waals surface area contributed by atoms with Gasteiger partial charge < -0.3 is 10.1 Å². The zero-order chi connectivity index (χ0) is 13.5. The number of hydrogen-bond acceptors (Lipinski definition) is 3. The number of benzene rings is 1. The lowest BCUT2D eigenvalue weighted by atomic mass is 9.99. The highest BCUT2D eigenvalue weighted by molar-refractivity contribution is 5.30. The highest BCUT2D eigenvalue weighted by Gasteiger charge is 2.10. The van der Waals surface area contributed by atoms with Gasteiger partial charge in [-0.2, -0.15) is 0 Å². The molecule has 0 amide bonds. The molecule has 0 spiro atoms. The first-order chi connectivity index (χ1) is 9.33. The number of ether oxygens (including phenoxy) is 1. The van der Waals surface area contributed by atoms with Crippen molar-refractivity contribution in [3.05, 3.63) is 59.9 Å². The lowest BCUT2D eigenvalue weighted by Crippen LogP contribution is -2.17. The SMILES string of the molecule is CNC(CCc1ccncc1)c1cccc(OC)c1. The molecule has 100 valence electrons. The van der Waals surface area contributed by atoms with Crippen molar-refractivity contribution in [1.82, 2.24) is 10.3 Å². The molecule has 0 aliphatic heterocycles. The first kappa shape index (κ1) is 13.6. The second-order valence-electron chi connectivity index (χ2n) is 4.51. The number of aryl methyl sites for hydroxylation is 1. The van der Waals surface area contributed by atoms with E-state index in [2.05, 4.69) is 34.6 Å². The van der Waals surface area contributed by atoms with Gasteiger partial charge in [-0.1, -0.05) is 12.1 Å². The van der Waals surface area contributed by atoms with Gasteiger partial charge in [0.15, 0.2) is 0 Å². The van der Waals surface area contributed by atoms with E-state index in [0.717, 1.165) is 18.6 Å². The van der Waals surface area contributed by atoms with Gasteiger partial charge in [-0.05, 0) is 55.3 Å². The largest absolute Gasteiger partial charge is 0.497 e. The molecule has 0 aliphatic rings. The first-order valence-corrected chi connectivity index (χ1v) is 6.53. The van der Waals surface area contributed by atoms with E-state index in [9.17, 15) is 0 Å². The molecule has 19 heavy (non-hydrogen) atoms. The quantitative estimate of drug-likeness (QED) is 0.862. The summed E-state index contributed by atoms with van der Waals surface area (Å²) in [5.41, 5.74) is 2.58. The highest BCUT2D eigenvalue weighted by Crippen LogP contribution is 2.22. The summed E-state index contributed by atoms with van der Waals surface area (Å²) >= 11 is 0. The third-order valence-corrected chi connectivity index (χ3v) is 3.32.